The summed E-state index contributed by atoms with van der Waals surface area (Å²) in [6.07, 6.45) is 0. The summed E-state index contributed by atoms with van der Waals surface area (Å²) in [7, 11) is -3.90. The molecule has 106 valence electrons. The van der Waals surface area contributed by atoms with Crippen molar-refractivity contribution in [2.45, 2.75) is 4.21 Å². The molecule has 0 aliphatic heterocycles. The molecule has 0 radical (unpaired) electrons. The zero-order valence-electron chi connectivity index (χ0n) is 9.70. The molecule has 0 spiro atoms. The van der Waals surface area contributed by atoms with Crippen LogP contribution in [0.25, 0.3) is 0 Å². The van der Waals surface area contributed by atoms with Gasteiger partial charge in [0, 0.05) is 4.47 Å². The van der Waals surface area contributed by atoms with Gasteiger partial charge in [-0.3, -0.25) is 4.72 Å². The molecule has 0 amide bonds. The largest absolute Gasteiger partial charge is 0.505 e. The van der Waals surface area contributed by atoms with Gasteiger partial charge in [-0.25, -0.2) is 13.2 Å². The summed E-state index contributed by atoms with van der Waals surface area (Å²) in [6.45, 7) is 0. The summed E-state index contributed by atoms with van der Waals surface area (Å²) >= 11 is 4.10. The fraction of sp³-hybridized carbons (Fsp3) is 0. The molecule has 1 aromatic heterocycles. The van der Waals surface area contributed by atoms with Crippen LogP contribution in [0.3, 0.4) is 0 Å². The number of sulfonamides is 1. The molecule has 0 atom stereocenters. The number of thiophene rings is 1. The molecule has 1 aromatic carbocycles. The van der Waals surface area contributed by atoms with E-state index in [1.165, 1.54) is 18.2 Å². The average molecular weight is 378 g/mol. The maximum Gasteiger partial charge on any atom is 0.339 e. The van der Waals surface area contributed by atoms with Crippen LogP contribution in [0.1, 0.15) is 10.4 Å². The number of hydrogen-bond donors (Lipinski definition) is 3. The van der Waals surface area contributed by atoms with Crippen molar-refractivity contribution in [1.82, 2.24) is 0 Å². The van der Waals surface area contributed by atoms with Crippen molar-refractivity contribution < 1.29 is 23.4 Å². The molecule has 9 heteroatoms. The number of para-hydroxylation sites is 1. The van der Waals surface area contributed by atoms with E-state index in [4.69, 9.17) is 5.11 Å². The number of carboxylic acids is 1. The average Bonchev–Trinajstić information content (AvgIpc) is 2.78. The van der Waals surface area contributed by atoms with E-state index in [1.54, 1.807) is 11.4 Å². The Labute approximate surface area is 126 Å². The van der Waals surface area contributed by atoms with Gasteiger partial charge in [0.2, 0.25) is 0 Å². The monoisotopic (exact) mass is 377 g/mol. The first-order valence-corrected chi connectivity index (χ1v) is 8.29. The molecule has 1 heterocycles. The Hall–Kier alpha value is -1.58. The molecule has 0 bridgehead atoms. The van der Waals surface area contributed by atoms with Gasteiger partial charge in [0.1, 0.15) is 5.56 Å². The Morgan fingerprint density at radius 2 is 2.00 bits per heavy atom. The van der Waals surface area contributed by atoms with Crippen molar-refractivity contribution in [1.29, 1.82) is 0 Å². The third-order valence-electron chi connectivity index (χ3n) is 2.34. The molecule has 0 saturated carbocycles. The minimum atomic E-state index is -3.90. The molecule has 3 N–H and O–H groups in total. The molecule has 0 unspecified atom stereocenters. The Kier molecular flexibility index (Phi) is 4.02. The van der Waals surface area contributed by atoms with Gasteiger partial charge >= 0.3 is 5.97 Å². The number of benzene rings is 1. The first-order valence-electron chi connectivity index (χ1n) is 5.14. The van der Waals surface area contributed by atoms with Crippen LogP contribution in [0, 0.1) is 0 Å². The van der Waals surface area contributed by atoms with Crippen LogP contribution in [0.4, 0.5) is 5.69 Å². The lowest BCUT2D eigenvalue weighted by Gasteiger charge is -2.10. The number of phenols is 1. The zero-order chi connectivity index (χ0) is 14.9. The highest BCUT2D eigenvalue weighted by Crippen LogP contribution is 2.33. The number of halogens is 1. The van der Waals surface area contributed by atoms with Crippen LogP contribution in [0.2, 0.25) is 0 Å². The quantitative estimate of drug-likeness (QED) is 0.710. The van der Waals surface area contributed by atoms with Crippen molar-refractivity contribution in [3.05, 3.63) is 39.7 Å². The fourth-order valence-corrected chi connectivity index (χ4v) is 4.87. The number of carboxylic acid groups (broad SMARTS) is 1. The van der Waals surface area contributed by atoms with Crippen LogP contribution in [0.15, 0.2) is 38.3 Å². The minimum Gasteiger partial charge on any atom is -0.505 e. The molecule has 0 saturated heterocycles. The molecule has 0 aliphatic carbocycles. The zero-order valence-corrected chi connectivity index (χ0v) is 12.9. The van der Waals surface area contributed by atoms with Crippen LogP contribution >= 0.6 is 27.3 Å². The fourth-order valence-electron chi connectivity index (χ4n) is 1.46. The van der Waals surface area contributed by atoms with Crippen molar-refractivity contribution >= 4 is 48.9 Å². The lowest BCUT2D eigenvalue weighted by atomic mass is 10.2. The summed E-state index contributed by atoms with van der Waals surface area (Å²) in [6, 6.07) is 5.37. The topological polar surface area (TPSA) is 104 Å². The van der Waals surface area contributed by atoms with E-state index in [0.29, 0.717) is 4.47 Å². The second-order valence-corrected chi connectivity index (χ2v) is 7.32. The Balaban J connectivity index is 2.43. The molecule has 0 aliphatic rings. The van der Waals surface area contributed by atoms with Crippen molar-refractivity contribution in [2.75, 3.05) is 4.72 Å². The van der Waals surface area contributed by atoms with Crippen LogP contribution < -0.4 is 4.72 Å². The third-order valence-corrected chi connectivity index (χ3v) is 6.37. The second-order valence-electron chi connectivity index (χ2n) is 3.67. The van der Waals surface area contributed by atoms with Gasteiger partial charge in [-0.05, 0) is 39.5 Å². The number of aromatic hydroxyl groups is 1. The minimum absolute atomic E-state index is 0.0395. The van der Waals surface area contributed by atoms with E-state index in [-0.39, 0.29) is 15.5 Å². The first-order chi connectivity index (χ1) is 9.33. The van der Waals surface area contributed by atoms with Gasteiger partial charge in [-0.2, -0.15) is 0 Å². The van der Waals surface area contributed by atoms with Gasteiger partial charge in [-0.15, -0.1) is 11.3 Å². The number of hydrogen-bond acceptors (Lipinski definition) is 5. The second kappa shape index (κ2) is 5.43. The number of rotatable bonds is 4. The van der Waals surface area contributed by atoms with Gasteiger partial charge < -0.3 is 10.2 Å². The summed E-state index contributed by atoms with van der Waals surface area (Å²) in [5, 5.41) is 20.2. The van der Waals surface area contributed by atoms with Crippen molar-refractivity contribution in [2.24, 2.45) is 0 Å². The van der Waals surface area contributed by atoms with E-state index < -0.39 is 21.7 Å². The maximum atomic E-state index is 12.1. The Bertz CT molecular complexity index is 769. The third kappa shape index (κ3) is 2.79. The lowest BCUT2D eigenvalue weighted by molar-refractivity contribution is 0.0694. The van der Waals surface area contributed by atoms with Crippen LogP contribution in [0.5, 0.6) is 5.75 Å². The molecule has 2 rings (SSSR count). The predicted octanol–water partition coefficient (Wildman–Crippen LogP) is 2.72. The van der Waals surface area contributed by atoms with Crippen molar-refractivity contribution in [3.8, 4) is 5.75 Å². The highest BCUT2D eigenvalue weighted by Gasteiger charge is 2.22. The molecule has 20 heavy (non-hydrogen) atoms. The van der Waals surface area contributed by atoms with Gasteiger partial charge in [-0.1, -0.05) is 6.07 Å². The van der Waals surface area contributed by atoms with Gasteiger partial charge in [0.25, 0.3) is 10.0 Å². The normalized spacial score (nSPS) is 11.2. The smallest absolute Gasteiger partial charge is 0.339 e. The summed E-state index contributed by atoms with van der Waals surface area (Å²) in [5.74, 6) is -1.97. The molecular formula is C11H8BrNO5S2. The predicted molar refractivity (Wildman–Crippen MR) is 77.9 cm³/mol. The molecular weight excluding hydrogens is 370 g/mol. The number of carbonyl (C=O) groups is 1. The number of aromatic carboxylic acids is 1. The Morgan fingerprint density at radius 3 is 2.55 bits per heavy atom. The highest BCUT2D eigenvalue weighted by molar-refractivity contribution is 9.10. The van der Waals surface area contributed by atoms with E-state index in [2.05, 4.69) is 20.7 Å². The van der Waals surface area contributed by atoms with E-state index in [0.717, 1.165) is 11.3 Å². The summed E-state index contributed by atoms with van der Waals surface area (Å²) < 4.78 is 26.9. The van der Waals surface area contributed by atoms with Crippen LogP contribution in [-0.4, -0.2) is 24.6 Å². The molecule has 6 nitrogen and oxygen atoms in total. The summed E-state index contributed by atoms with van der Waals surface area (Å²) in [5.41, 5.74) is -0.569. The van der Waals surface area contributed by atoms with Crippen LogP contribution in [-0.2, 0) is 10.0 Å². The van der Waals surface area contributed by atoms with Gasteiger partial charge in [0.05, 0.1) is 5.69 Å². The molecule has 0 fully saturated rings. The number of nitrogens with one attached hydrogen (secondary N) is 1. The number of anilines is 1. The first kappa shape index (κ1) is 14.8. The van der Waals surface area contributed by atoms with E-state index in [1.807, 2.05) is 0 Å². The molecule has 2 aromatic rings. The maximum absolute atomic E-state index is 12.1. The van der Waals surface area contributed by atoms with E-state index in [9.17, 15) is 18.3 Å². The van der Waals surface area contributed by atoms with E-state index >= 15 is 0 Å². The standard InChI is InChI=1S/C11H8BrNO5S2/c12-7-4-5-19-11(7)20(17,18)13-8-3-1-2-6(9(8)14)10(15)16/h1-5,13-14H,(H,15,16). The SMILES string of the molecule is O=C(O)c1cccc(NS(=O)(=O)c2sccc2Br)c1O. The lowest BCUT2D eigenvalue weighted by Crippen LogP contribution is -2.12. The highest BCUT2D eigenvalue weighted by atomic mass is 79.9. The van der Waals surface area contributed by atoms with Gasteiger partial charge in [0.15, 0.2) is 9.96 Å². The summed E-state index contributed by atoms with van der Waals surface area (Å²) in [4.78, 5) is 10.9. The Morgan fingerprint density at radius 1 is 1.30 bits per heavy atom. The van der Waals surface area contributed by atoms with Crippen molar-refractivity contribution in [3.63, 3.8) is 0 Å².